The van der Waals surface area contributed by atoms with E-state index in [1.807, 2.05) is 13.8 Å². The van der Waals surface area contributed by atoms with Crippen LogP contribution in [0.1, 0.15) is 26.7 Å². The van der Waals surface area contributed by atoms with Gasteiger partial charge in [-0.25, -0.2) is 0 Å². The van der Waals surface area contributed by atoms with E-state index in [0.717, 1.165) is 19.4 Å². The molecule has 1 fully saturated rings. The second-order valence-corrected chi connectivity index (χ2v) is 4.28. The molecule has 3 N–H and O–H groups in total. The minimum Gasteiger partial charge on any atom is -0.387 e. The highest BCUT2D eigenvalue weighted by Gasteiger charge is 2.43. The minimum absolute atomic E-state index is 0.243. The fourth-order valence-electron chi connectivity index (χ4n) is 1.50. The van der Waals surface area contributed by atoms with E-state index in [2.05, 4.69) is 0 Å². The lowest BCUT2D eigenvalue weighted by molar-refractivity contribution is -0.147. The summed E-state index contributed by atoms with van der Waals surface area (Å²) in [6.07, 6.45) is 1.73. The van der Waals surface area contributed by atoms with Crippen LogP contribution in [-0.4, -0.2) is 30.5 Å². The third kappa shape index (κ3) is 1.63. The Balaban J connectivity index is 2.68. The average Bonchev–Trinajstić information content (AvgIpc) is 2.06. The van der Waals surface area contributed by atoms with Gasteiger partial charge in [0.25, 0.3) is 0 Å². The number of hydrogen-bond donors (Lipinski definition) is 2. The number of aliphatic hydroxyl groups is 1. The van der Waals surface area contributed by atoms with Crippen LogP contribution in [0.25, 0.3) is 0 Å². The van der Waals surface area contributed by atoms with Gasteiger partial charge in [-0.15, -0.1) is 0 Å². The zero-order valence-electron chi connectivity index (χ0n) is 7.97. The molecule has 1 aliphatic rings. The van der Waals surface area contributed by atoms with E-state index in [4.69, 9.17) is 10.5 Å². The van der Waals surface area contributed by atoms with Crippen LogP contribution in [0.3, 0.4) is 0 Å². The predicted molar refractivity (Wildman–Crippen MR) is 47.8 cm³/mol. The quantitative estimate of drug-likeness (QED) is 0.640. The van der Waals surface area contributed by atoms with Gasteiger partial charge in [-0.3, -0.25) is 0 Å². The highest BCUT2D eigenvalue weighted by atomic mass is 16.5. The molecule has 3 nitrogen and oxygen atoms in total. The summed E-state index contributed by atoms with van der Waals surface area (Å²) in [5, 5.41) is 10.2. The summed E-state index contributed by atoms with van der Waals surface area (Å²) in [5.74, 6) is 0. The van der Waals surface area contributed by atoms with Gasteiger partial charge in [0.05, 0.1) is 12.2 Å². The van der Waals surface area contributed by atoms with Crippen LogP contribution in [-0.2, 0) is 4.74 Å². The van der Waals surface area contributed by atoms with Crippen LogP contribution in [0.4, 0.5) is 0 Å². The molecule has 0 radical (unpaired) electrons. The summed E-state index contributed by atoms with van der Waals surface area (Å²) in [5.41, 5.74) is 4.64. The zero-order chi connectivity index (χ0) is 9.24. The fraction of sp³-hybridized carbons (Fsp3) is 1.00. The number of nitrogens with two attached hydrogens (primary N) is 1. The van der Waals surface area contributed by atoms with Crippen molar-refractivity contribution >= 4 is 0 Å². The second-order valence-electron chi connectivity index (χ2n) is 4.28. The lowest BCUT2D eigenvalue weighted by Crippen LogP contribution is -2.54. The average molecular weight is 173 g/mol. The van der Waals surface area contributed by atoms with Crippen LogP contribution < -0.4 is 5.73 Å². The molecule has 0 aliphatic carbocycles. The van der Waals surface area contributed by atoms with Crippen LogP contribution in [0.15, 0.2) is 0 Å². The molecule has 1 heterocycles. The maximum atomic E-state index is 10.2. The van der Waals surface area contributed by atoms with Gasteiger partial charge in [0.2, 0.25) is 0 Å². The largest absolute Gasteiger partial charge is 0.387 e. The lowest BCUT2D eigenvalue weighted by atomic mass is 9.72. The Labute approximate surface area is 73.9 Å². The topological polar surface area (TPSA) is 55.5 Å². The van der Waals surface area contributed by atoms with Crippen molar-refractivity contribution in [1.29, 1.82) is 0 Å². The van der Waals surface area contributed by atoms with Crippen LogP contribution in [0, 0.1) is 5.41 Å². The number of rotatable bonds is 2. The molecule has 0 aromatic rings. The van der Waals surface area contributed by atoms with Crippen molar-refractivity contribution in [2.75, 3.05) is 19.8 Å². The maximum absolute atomic E-state index is 10.2. The Morgan fingerprint density at radius 2 is 2.25 bits per heavy atom. The SMILES string of the molecule is CC(C)(CN)[C@]1(O)CCCOC1. The molecule has 1 saturated heterocycles. The molecule has 12 heavy (non-hydrogen) atoms. The van der Waals surface area contributed by atoms with E-state index < -0.39 is 5.60 Å². The molecule has 0 bridgehead atoms. The molecule has 0 saturated carbocycles. The minimum atomic E-state index is -0.722. The smallest absolute Gasteiger partial charge is 0.0943 e. The molecular formula is C9H19NO2. The Morgan fingerprint density at radius 3 is 2.67 bits per heavy atom. The first-order valence-electron chi connectivity index (χ1n) is 4.52. The lowest BCUT2D eigenvalue weighted by Gasteiger charge is -2.44. The Morgan fingerprint density at radius 1 is 1.58 bits per heavy atom. The zero-order valence-corrected chi connectivity index (χ0v) is 7.97. The first kappa shape index (κ1) is 9.96. The van der Waals surface area contributed by atoms with Crippen molar-refractivity contribution in [3.05, 3.63) is 0 Å². The van der Waals surface area contributed by atoms with Gasteiger partial charge < -0.3 is 15.6 Å². The molecule has 1 aliphatic heterocycles. The first-order chi connectivity index (χ1) is 5.52. The van der Waals surface area contributed by atoms with Crippen LogP contribution in [0.5, 0.6) is 0 Å². The number of ether oxygens (including phenoxy) is 1. The third-order valence-corrected chi connectivity index (χ3v) is 2.99. The van der Waals surface area contributed by atoms with Crippen LogP contribution >= 0.6 is 0 Å². The monoisotopic (exact) mass is 173 g/mol. The van der Waals surface area contributed by atoms with Gasteiger partial charge in [0.1, 0.15) is 0 Å². The van der Waals surface area contributed by atoms with Gasteiger partial charge in [-0.2, -0.15) is 0 Å². The first-order valence-corrected chi connectivity index (χ1v) is 4.52. The van der Waals surface area contributed by atoms with Crippen molar-refractivity contribution in [2.24, 2.45) is 11.1 Å². The van der Waals surface area contributed by atoms with Crippen molar-refractivity contribution < 1.29 is 9.84 Å². The van der Waals surface area contributed by atoms with E-state index in [1.165, 1.54) is 0 Å². The Bertz CT molecular complexity index is 151. The molecule has 1 atom stereocenters. The number of hydrogen-bond acceptors (Lipinski definition) is 3. The van der Waals surface area contributed by atoms with Crippen molar-refractivity contribution in [1.82, 2.24) is 0 Å². The van der Waals surface area contributed by atoms with Crippen molar-refractivity contribution in [3.63, 3.8) is 0 Å². The summed E-state index contributed by atoms with van der Waals surface area (Å²) < 4.78 is 5.27. The van der Waals surface area contributed by atoms with E-state index in [0.29, 0.717) is 13.2 Å². The molecule has 0 spiro atoms. The fourth-order valence-corrected chi connectivity index (χ4v) is 1.50. The van der Waals surface area contributed by atoms with Gasteiger partial charge in [0, 0.05) is 18.6 Å². The standard InChI is InChI=1S/C9H19NO2/c1-8(2,6-10)9(11)4-3-5-12-7-9/h11H,3-7,10H2,1-2H3/t9-/m0/s1. The normalized spacial score (nSPS) is 32.0. The highest BCUT2D eigenvalue weighted by Crippen LogP contribution is 2.36. The molecule has 0 aromatic carbocycles. The second kappa shape index (κ2) is 3.32. The van der Waals surface area contributed by atoms with Crippen molar-refractivity contribution in [2.45, 2.75) is 32.3 Å². The van der Waals surface area contributed by atoms with Gasteiger partial charge >= 0.3 is 0 Å². The molecule has 1 rings (SSSR count). The molecule has 0 amide bonds. The highest BCUT2D eigenvalue weighted by molar-refractivity contribution is 4.95. The summed E-state index contributed by atoms with van der Waals surface area (Å²) in [6, 6.07) is 0. The van der Waals surface area contributed by atoms with E-state index in [-0.39, 0.29) is 5.41 Å². The Kier molecular flexibility index (Phi) is 2.76. The predicted octanol–water partition coefficient (Wildman–Crippen LogP) is 0.513. The summed E-state index contributed by atoms with van der Waals surface area (Å²) in [6.45, 7) is 5.66. The molecule has 72 valence electrons. The van der Waals surface area contributed by atoms with Crippen molar-refractivity contribution in [3.8, 4) is 0 Å². The van der Waals surface area contributed by atoms with Gasteiger partial charge in [0.15, 0.2) is 0 Å². The molecule has 0 unspecified atom stereocenters. The van der Waals surface area contributed by atoms with E-state index >= 15 is 0 Å². The molecular weight excluding hydrogens is 154 g/mol. The molecule has 3 heteroatoms. The maximum Gasteiger partial charge on any atom is 0.0943 e. The summed E-state index contributed by atoms with van der Waals surface area (Å²) in [4.78, 5) is 0. The third-order valence-electron chi connectivity index (χ3n) is 2.99. The van der Waals surface area contributed by atoms with Gasteiger partial charge in [-0.1, -0.05) is 13.8 Å². The van der Waals surface area contributed by atoms with E-state index in [1.54, 1.807) is 0 Å². The van der Waals surface area contributed by atoms with Crippen LogP contribution in [0.2, 0.25) is 0 Å². The van der Waals surface area contributed by atoms with Gasteiger partial charge in [-0.05, 0) is 12.8 Å². The van der Waals surface area contributed by atoms with E-state index in [9.17, 15) is 5.11 Å². The Hall–Kier alpha value is -0.120. The summed E-state index contributed by atoms with van der Waals surface area (Å²) >= 11 is 0. The summed E-state index contributed by atoms with van der Waals surface area (Å²) in [7, 11) is 0. The molecule has 0 aromatic heterocycles.